The zero-order valence-electron chi connectivity index (χ0n) is 18.7. The lowest BCUT2D eigenvalue weighted by atomic mass is 9.69. The van der Waals surface area contributed by atoms with Gasteiger partial charge in [-0.2, -0.15) is 0 Å². The summed E-state index contributed by atoms with van der Waals surface area (Å²) in [6.45, 7) is 7.69. The van der Waals surface area contributed by atoms with Gasteiger partial charge in [0.1, 0.15) is 0 Å². The van der Waals surface area contributed by atoms with Gasteiger partial charge in [-0.25, -0.2) is 0 Å². The van der Waals surface area contributed by atoms with Crippen molar-refractivity contribution < 1.29 is 9.59 Å². The molecule has 3 atom stereocenters. The Labute approximate surface area is 185 Å². The van der Waals surface area contributed by atoms with E-state index in [2.05, 4.69) is 42.5 Å². The quantitative estimate of drug-likeness (QED) is 0.624. The van der Waals surface area contributed by atoms with E-state index in [1.807, 2.05) is 42.5 Å². The molecule has 0 spiro atoms. The van der Waals surface area contributed by atoms with E-state index in [0.717, 1.165) is 12.0 Å². The summed E-state index contributed by atoms with van der Waals surface area (Å²) in [5.41, 5.74) is 2.93. The first kappa shape index (κ1) is 22.7. The van der Waals surface area contributed by atoms with Crippen molar-refractivity contribution in [1.82, 2.24) is 15.6 Å². The van der Waals surface area contributed by atoms with Gasteiger partial charge in [0.05, 0.1) is 0 Å². The molecule has 2 aromatic rings. The summed E-state index contributed by atoms with van der Waals surface area (Å²) < 4.78 is 0. The van der Waals surface area contributed by atoms with Gasteiger partial charge in [-0.1, -0.05) is 49.8 Å². The maximum atomic E-state index is 12.5. The fraction of sp³-hybridized carbons (Fsp3) is 0.423. The van der Waals surface area contributed by atoms with Crippen LogP contribution in [0.5, 0.6) is 0 Å². The van der Waals surface area contributed by atoms with Crippen molar-refractivity contribution in [3.05, 3.63) is 77.6 Å². The van der Waals surface area contributed by atoms with Crippen LogP contribution in [0.15, 0.2) is 66.5 Å². The maximum Gasteiger partial charge on any atom is 0.251 e. The Morgan fingerprint density at radius 1 is 1.10 bits per heavy atom. The Morgan fingerprint density at radius 3 is 2.55 bits per heavy atom. The number of carbonyl (C=O) groups excluding carboxylic acids is 2. The fourth-order valence-electron chi connectivity index (χ4n) is 4.41. The predicted molar refractivity (Wildman–Crippen MR) is 123 cm³/mol. The molecule has 0 aliphatic heterocycles. The SMILES string of the molecule is CC1=CC(CNC(=O)c2ccccc2)C(C(C)C)CC1CC(=O)NCc1cccnc1. The van der Waals surface area contributed by atoms with Crippen LogP contribution in [-0.4, -0.2) is 23.3 Å². The van der Waals surface area contributed by atoms with E-state index in [0.29, 0.717) is 36.9 Å². The molecule has 0 saturated carbocycles. The minimum Gasteiger partial charge on any atom is -0.352 e. The molecule has 1 aliphatic carbocycles. The van der Waals surface area contributed by atoms with Crippen LogP contribution in [-0.2, 0) is 11.3 Å². The van der Waals surface area contributed by atoms with E-state index in [4.69, 9.17) is 0 Å². The van der Waals surface area contributed by atoms with Crippen molar-refractivity contribution in [3.63, 3.8) is 0 Å². The molecule has 0 saturated heterocycles. The second-order valence-corrected chi connectivity index (χ2v) is 8.83. The van der Waals surface area contributed by atoms with E-state index in [1.165, 1.54) is 5.57 Å². The summed E-state index contributed by atoms with van der Waals surface area (Å²) >= 11 is 0. The number of amides is 2. The van der Waals surface area contributed by atoms with Crippen LogP contribution < -0.4 is 10.6 Å². The molecule has 0 fully saturated rings. The molecule has 2 amide bonds. The molecule has 1 heterocycles. The summed E-state index contributed by atoms with van der Waals surface area (Å²) in [7, 11) is 0. The Morgan fingerprint density at radius 2 is 1.87 bits per heavy atom. The third-order valence-corrected chi connectivity index (χ3v) is 6.26. The smallest absolute Gasteiger partial charge is 0.251 e. The normalized spacial score (nSPS) is 20.8. The monoisotopic (exact) mass is 419 g/mol. The van der Waals surface area contributed by atoms with E-state index >= 15 is 0 Å². The molecule has 1 aromatic heterocycles. The second-order valence-electron chi connectivity index (χ2n) is 8.83. The molecule has 164 valence electrons. The molecule has 0 bridgehead atoms. The lowest BCUT2D eigenvalue weighted by Crippen LogP contribution is -2.37. The topological polar surface area (TPSA) is 71.1 Å². The second kappa shape index (κ2) is 10.9. The van der Waals surface area contributed by atoms with Crippen LogP contribution in [0, 0.1) is 23.7 Å². The Hall–Kier alpha value is -2.95. The van der Waals surface area contributed by atoms with Crippen molar-refractivity contribution >= 4 is 11.8 Å². The van der Waals surface area contributed by atoms with E-state index in [1.54, 1.807) is 12.4 Å². The van der Waals surface area contributed by atoms with Gasteiger partial charge in [-0.15, -0.1) is 0 Å². The predicted octanol–water partition coefficient (Wildman–Crippen LogP) is 4.37. The number of hydrogen-bond donors (Lipinski definition) is 2. The standard InChI is InChI=1S/C26H33N3O2/c1-18(2)24-13-22(14-25(30)28-16-20-8-7-11-27-15-20)19(3)12-23(24)17-29-26(31)21-9-5-4-6-10-21/h4-12,15,18,22-24H,13-14,16-17H2,1-3H3,(H,28,30)(H,29,31). The third kappa shape index (κ3) is 6.51. The van der Waals surface area contributed by atoms with Crippen LogP contribution in [0.4, 0.5) is 0 Å². The van der Waals surface area contributed by atoms with Crippen LogP contribution in [0.3, 0.4) is 0 Å². The molecule has 0 radical (unpaired) electrons. The van der Waals surface area contributed by atoms with Gasteiger partial charge in [0.15, 0.2) is 0 Å². The Bertz CT molecular complexity index is 893. The lowest BCUT2D eigenvalue weighted by molar-refractivity contribution is -0.122. The van der Waals surface area contributed by atoms with Gasteiger partial charge in [-0.05, 0) is 60.8 Å². The van der Waals surface area contributed by atoms with E-state index < -0.39 is 0 Å². The minimum absolute atomic E-state index is 0.0361. The first-order chi connectivity index (χ1) is 14.9. The van der Waals surface area contributed by atoms with Crippen LogP contribution in [0.25, 0.3) is 0 Å². The molecule has 1 aromatic carbocycles. The number of nitrogens with one attached hydrogen (secondary N) is 2. The van der Waals surface area contributed by atoms with Gasteiger partial charge in [-0.3, -0.25) is 14.6 Å². The molecule has 31 heavy (non-hydrogen) atoms. The summed E-state index contributed by atoms with van der Waals surface area (Å²) in [5, 5.41) is 6.12. The fourth-order valence-corrected chi connectivity index (χ4v) is 4.41. The highest BCUT2D eigenvalue weighted by Gasteiger charge is 2.32. The Kier molecular flexibility index (Phi) is 7.99. The molecule has 5 heteroatoms. The van der Waals surface area contributed by atoms with Crippen molar-refractivity contribution in [3.8, 4) is 0 Å². The molecular formula is C26H33N3O2. The minimum atomic E-state index is -0.0361. The van der Waals surface area contributed by atoms with Crippen LogP contribution in [0.2, 0.25) is 0 Å². The molecule has 3 unspecified atom stereocenters. The number of nitrogens with zero attached hydrogens (tertiary/aromatic N) is 1. The zero-order valence-corrected chi connectivity index (χ0v) is 18.7. The van der Waals surface area contributed by atoms with Gasteiger partial charge < -0.3 is 10.6 Å². The van der Waals surface area contributed by atoms with Gasteiger partial charge in [0.2, 0.25) is 5.91 Å². The highest BCUT2D eigenvalue weighted by atomic mass is 16.2. The number of aromatic nitrogens is 1. The number of allylic oxidation sites excluding steroid dienone is 1. The third-order valence-electron chi connectivity index (χ3n) is 6.26. The van der Waals surface area contributed by atoms with Crippen molar-refractivity contribution in [2.45, 2.75) is 40.2 Å². The van der Waals surface area contributed by atoms with Gasteiger partial charge in [0.25, 0.3) is 5.91 Å². The van der Waals surface area contributed by atoms with Gasteiger partial charge in [0, 0.05) is 37.5 Å². The number of rotatable bonds is 8. The van der Waals surface area contributed by atoms with Crippen LogP contribution in [0.1, 0.15) is 49.5 Å². The van der Waals surface area contributed by atoms with Crippen LogP contribution >= 0.6 is 0 Å². The number of carbonyl (C=O) groups is 2. The summed E-state index contributed by atoms with van der Waals surface area (Å²) in [6, 6.07) is 13.2. The molecular weight excluding hydrogens is 386 g/mol. The zero-order chi connectivity index (χ0) is 22.2. The average molecular weight is 420 g/mol. The summed E-state index contributed by atoms with van der Waals surface area (Å²) in [4.78, 5) is 29.1. The van der Waals surface area contributed by atoms with E-state index in [9.17, 15) is 9.59 Å². The van der Waals surface area contributed by atoms with Crippen molar-refractivity contribution in [2.75, 3.05) is 6.54 Å². The van der Waals surface area contributed by atoms with E-state index in [-0.39, 0.29) is 23.7 Å². The maximum absolute atomic E-state index is 12.5. The first-order valence-electron chi connectivity index (χ1n) is 11.1. The van der Waals surface area contributed by atoms with Crippen molar-refractivity contribution in [1.29, 1.82) is 0 Å². The highest BCUT2D eigenvalue weighted by molar-refractivity contribution is 5.94. The Balaban J connectivity index is 1.58. The molecule has 1 aliphatic rings. The largest absolute Gasteiger partial charge is 0.352 e. The van der Waals surface area contributed by atoms with Crippen molar-refractivity contribution in [2.24, 2.45) is 23.7 Å². The summed E-state index contributed by atoms with van der Waals surface area (Å²) in [5.74, 6) is 1.45. The number of pyridine rings is 1. The molecule has 5 nitrogen and oxygen atoms in total. The number of hydrogen-bond acceptors (Lipinski definition) is 3. The van der Waals surface area contributed by atoms with Gasteiger partial charge >= 0.3 is 0 Å². The average Bonchev–Trinajstić information content (AvgIpc) is 2.78. The molecule has 2 N–H and O–H groups in total. The number of benzene rings is 1. The highest BCUT2D eigenvalue weighted by Crippen LogP contribution is 2.38. The lowest BCUT2D eigenvalue weighted by Gasteiger charge is -2.37. The summed E-state index contributed by atoms with van der Waals surface area (Å²) in [6.07, 6.45) is 7.24. The first-order valence-corrected chi connectivity index (χ1v) is 11.1. The molecule has 3 rings (SSSR count).